The molecule has 0 aromatic heterocycles. The molecule has 0 N–H and O–H groups in total. The van der Waals surface area contributed by atoms with Gasteiger partial charge in [0.05, 0.1) is 20.1 Å². The van der Waals surface area contributed by atoms with Crippen LogP contribution in [0, 0.1) is 16.2 Å². The SMILES string of the molecule is CCC1(C)C=CC=C(C[N+]2(C)CCC3(CCN(CC4=CC(C)(CC)C=CC=C4)CC3)CC2)C=C1. The molecule has 0 saturated carbocycles. The van der Waals surface area contributed by atoms with Crippen molar-refractivity contribution in [1.29, 1.82) is 0 Å². The quantitative estimate of drug-likeness (QED) is 0.377. The minimum absolute atomic E-state index is 0.203. The minimum Gasteiger partial charge on any atom is -0.322 e. The second-order valence-electron chi connectivity index (χ2n) is 12.6. The van der Waals surface area contributed by atoms with Gasteiger partial charge in [0.1, 0.15) is 6.54 Å². The summed E-state index contributed by atoms with van der Waals surface area (Å²) in [6.45, 7) is 16.7. The van der Waals surface area contributed by atoms with Crippen molar-refractivity contribution in [2.75, 3.05) is 46.3 Å². The molecule has 0 aromatic carbocycles. The smallest absolute Gasteiger partial charge is 0.104 e. The molecule has 0 bridgehead atoms. The molecule has 0 radical (unpaired) electrons. The number of likely N-dealkylation sites (N-methyl/N-ethyl adjacent to an activating group) is 1. The van der Waals surface area contributed by atoms with Gasteiger partial charge in [-0.3, -0.25) is 4.90 Å². The fraction of sp³-hybridized carbons (Fsp3) is 0.625. The molecule has 2 aliphatic heterocycles. The lowest BCUT2D eigenvalue weighted by molar-refractivity contribution is -0.912. The number of piperidine rings is 2. The Kier molecular flexibility index (Phi) is 7.60. The maximum atomic E-state index is 2.71. The third-order valence-corrected chi connectivity index (χ3v) is 9.65. The lowest BCUT2D eigenvalue weighted by atomic mass is 9.70. The Morgan fingerprint density at radius 1 is 0.794 bits per heavy atom. The van der Waals surface area contributed by atoms with E-state index >= 15 is 0 Å². The predicted molar refractivity (Wildman–Crippen MR) is 148 cm³/mol. The molecule has 2 nitrogen and oxygen atoms in total. The van der Waals surface area contributed by atoms with Crippen molar-refractivity contribution in [3.05, 3.63) is 71.9 Å². The molecule has 2 heteroatoms. The summed E-state index contributed by atoms with van der Waals surface area (Å²) in [6, 6.07) is 0. The summed E-state index contributed by atoms with van der Waals surface area (Å²) in [5.74, 6) is 0. The van der Waals surface area contributed by atoms with E-state index in [0.717, 1.165) is 19.4 Å². The fourth-order valence-corrected chi connectivity index (χ4v) is 6.23. The fourth-order valence-electron chi connectivity index (χ4n) is 6.23. The molecule has 1 spiro atoms. The van der Waals surface area contributed by atoms with Crippen molar-refractivity contribution in [2.45, 2.75) is 66.2 Å². The molecule has 186 valence electrons. The van der Waals surface area contributed by atoms with Crippen molar-refractivity contribution >= 4 is 0 Å². The van der Waals surface area contributed by atoms with Gasteiger partial charge in [-0.25, -0.2) is 0 Å². The lowest BCUT2D eigenvalue weighted by Gasteiger charge is -2.50. The van der Waals surface area contributed by atoms with E-state index in [1.807, 2.05) is 0 Å². The number of quaternary nitrogens is 1. The summed E-state index contributed by atoms with van der Waals surface area (Å²) in [6.07, 6.45) is 31.4. The minimum atomic E-state index is 0.203. The Morgan fingerprint density at radius 3 is 2.15 bits per heavy atom. The van der Waals surface area contributed by atoms with E-state index in [1.165, 1.54) is 74.0 Å². The van der Waals surface area contributed by atoms with Crippen LogP contribution < -0.4 is 0 Å². The second-order valence-corrected chi connectivity index (χ2v) is 12.6. The van der Waals surface area contributed by atoms with Crippen LogP contribution in [0.3, 0.4) is 0 Å². The van der Waals surface area contributed by atoms with Crippen molar-refractivity contribution < 1.29 is 4.48 Å². The van der Waals surface area contributed by atoms with E-state index in [2.05, 4.69) is 100 Å². The first kappa shape index (κ1) is 25.5. The van der Waals surface area contributed by atoms with Crippen LogP contribution in [0.2, 0.25) is 0 Å². The number of likely N-dealkylation sites (tertiary alicyclic amines) is 2. The molecule has 4 aliphatic rings. The average Bonchev–Trinajstić information content (AvgIpc) is 3.14. The number of nitrogens with zero attached hydrogens (tertiary/aromatic N) is 2. The Hall–Kier alpha value is -1.64. The monoisotopic (exact) mass is 461 g/mol. The van der Waals surface area contributed by atoms with Gasteiger partial charge in [0.25, 0.3) is 0 Å². The highest BCUT2D eigenvalue weighted by atomic mass is 15.3. The highest BCUT2D eigenvalue weighted by molar-refractivity contribution is 5.33. The summed E-state index contributed by atoms with van der Waals surface area (Å²) in [5, 5.41) is 0. The zero-order valence-corrected chi connectivity index (χ0v) is 22.7. The molecule has 0 amide bonds. The van der Waals surface area contributed by atoms with Gasteiger partial charge < -0.3 is 4.48 Å². The van der Waals surface area contributed by atoms with Crippen LogP contribution in [0.1, 0.15) is 66.2 Å². The number of rotatable bonds is 6. The van der Waals surface area contributed by atoms with Crippen molar-refractivity contribution in [3.8, 4) is 0 Å². The average molecular weight is 462 g/mol. The van der Waals surface area contributed by atoms with Crippen LogP contribution in [0.25, 0.3) is 0 Å². The Labute approximate surface area is 210 Å². The molecule has 2 atom stereocenters. The first-order valence-electron chi connectivity index (χ1n) is 13.9. The molecular weight excluding hydrogens is 412 g/mol. The van der Waals surface area contributed by atoms with Gasteiger partial charge in [-0.05, 0) is 49.8 Å². The topological polar surface area (TPSA) is 3.24 Å². The summed E-state index contributed by atoms with van der Waals surface area (Å²) >= 11 is 0. The maximum Gasteiger partial charge on any atom is 0.104 e. The zero-order valence-electron chi connectivity index (χ0n) is 22.7. The lowest BCUT2D eigenvalue weighted by Crippen LogP contribution is -2.55. The predicted octanol–water partition coefficient (Wildman–Crippen LogP) is 7.25. The van der Waals surface area contributed by atoms with Gasteiger partial charge in [-0.2, -0.15) is 0 Å². The summed E-state index contributed by atoms with van der Waals surface area (Å²) in [7, 11) is 2.49. The molecular formula is C32H49N2+. The first-order valence-corrected chi connectivity index (χ1v) is 13.9. The van der Waals surface area contributed by atoms with E-state index in [0.29, 0.717) is 5.41 Å². The third-order valence-electron chi connectivity index (χ3n) is 9.65. The van der Waals surface area contributed by atoms with Crippen LogP contribution in [0.4, 0.5) is 0 Å². The molecule has 34 heavy (non-hydrogen) atoms. The molecule has 2 unspecified atom stereocenters. The van der Waals surface area contributed by atoms with E-state index in [9.17, 15) is 0 Å². The van der Waals surface area contributed by atoms with E-state index < -0.39 is 0 Å². The van der Waals surface area contributed by atoms with Gasteiger partial charge >= 0.3 is 0 Å². The highest BCUT2D eigenvalue weighted by Crippen LogP contribution is 2.43. The molecule has 2 heterocycles. The van der Waals surface area contributed by atoms with E-state index in [4.69, 9.17) is 0 Å². The number of hydrogen-bond donors (Lipinski definition) is 0. The Balaban J connectivity index is 1.29. The van der Waals surface area contributed by atoms with Crippen molar-refractivity contribution in [3.63, 3.8) is 0 Å². The van der Waals surface area contributed by atoms with Gasteiger partial charge in [-0.15, -0.1) is 0 Å². The molecule has 2 saturated heterocycles. The van der Waals surface area contributed by atoms with Crippen molar-refractivity contribution in [2.24, 2.45) is 16.2 Å². The first-order chi connectivity index (χ1) is 16.2. The van der Waals surface area contributed by atoms with Crippen LogP contribution in [0.5, 0.6) is 0 Å². The van der Waals surface area contributed by atoms with Crippen LogP contribution >= 0.6 is 0 Å². The Morgan fingerprint density at radius 2 is 1.47 bits per heavy atom. The van der Waals surface area contributed by atoms with E-state index in [1.54, 1.807) is 0 Å². The zero-order chi connectivity index (χ0) is 24.3. The number of allylic oxidation sites excluding steroid dienone is 8. The van der Waals surface area contributed by atoms with Gasteiger partial charge in [-0.1, -0.05) is 88.5 Å². The molecule has 4 rings (SSSR count). The van der Waals surface area contributed by atoms with Crippen molar-refractivity contribution in [1.82, 2.24) is 4.90 Å². The Bertz CT molecular complexity index is 895. The largest absolute Gasteiger partial charge is 0.322 e. The summed E-state index contributed by atoms with van der Waals surface area (Å²) < 4.78 is 1.21. The summed E-state index contributed by atoms with van der Waals surface area (Å²) in [4.78, 5) is 2.71. The standard InChI is InChI=1S/C32H49N2/c1-6-30(3)15-10-12-28(13-16-30)27-34(5)23-19-32(20-24-34)17-21-33(22-18-32)26-29-11-8-9-14-31(4,7-2)25-29/h8-16,25H,6-7,17-24,26-27H2,1-5H3/q+1. The molecule has 0 aromatic rings. The number of hydrogen-bond acceptors (Lipinski definition) is 1. The van der Waals surface area contributed by atoms with Gasteiger partial charge in [0.15, 0.2) is 0 Å². The van der Waals surface area contributed by atoms with E-state index in [-0.39, 0.29) is 10.8 Å². The highest BCUT2D eigenvalue weighted by Gasteiger charge is 2.42. The van der Waals surface area contributed by atoms with Crippen LogP contribution in [-0.2, 0) is 0 Å². The van der Waals surface area contributed by atoms with Gasteiger partial charge in [0, 0.05) is 35.8 Å². The maximum absolute atomic E-state index is 2.71. The summed E-state index contributed by atoms with van der Waals surface area (Å²) in [5.41, 5.74) is 4.01. The normalized spacial score (nSPS) is 32.9. The van der Waals surface area contributed by atoms with Crippen LogP contribution in [0.15, 0.2) is 71.9 Å². The molecule has 2 fully saturated rings. The van der Waals surface area contributed by atoms with Crippen LogP contribution in [-0.4, -0.2) is 55.7 Å². The second kappa shape index (κ2) is 10.2. The third kappa shape index (κ3) is 6.13. The molecule has 2 aliphatic carbocycles. The van der Waals surface area contributed by atoms with Gasteiger partial charge in [0.2, 0.25) is 0 Å².